The number of nitrogens with zero attached hydrogens (tertiary/aromatic N) is 2. The fraction of sp³-hybridized carbons (Fsp3) is 0.667. The van der Waals surface area contributed by atoms with Crippen molar-refractivity contribution in [3.8, 4) is 0 Å². The maximum Gasteiger partial charge on any atom is 0.359 e. The van der Waals surface area contributed by atoms with E-state index in [2.05, 4.69) is 5.10 Å². The van der Waals surface area contributed by atoms with Crippen molar-refractivity contribution in [2.45, 2.75) is 53.2 Å². The molecule has 0 radical (unpaired) electrons. The molecule has 0 aliphatic rings. The van der Waals surface area contributed by atoms with Crippen LogP contribution in [0.4, 0.5) is 5.82 Å². The molecule has 96 valence electrons. The standard InChI is InChI=1S/C12H21N3O2/c1-7(2)15-10(13)8(3)9(14-15)11(16)17-12(4,5)6/h7H,13H2,1-6H3. The molecule has 0 atom stereocenters. The van der Waals surface area contributed by atoms with E-state index in [1.54, 1.807) is 11.6 Å². The highest BCUT2D eigenvalue weighted by molar-refractivity contribution is 5.90. The minimum atomic E-state index is -0.528. The van der Waals surface area contributed by atoms with Crippen molar-refractivity contribution < 1.29 is 9.53 Å². The summed E-state index contributed by atoms with van der Waals surface area (Å²) in [5, 5.41) is 4.21. The summed E-state index contributed by atoms with van der Waals surface area (Å²) in [5.74, 6) is 0.0851. The predicted molar refractivity (Wildman–Crippen MR) is 66.9 cm³/mol. The Morgan fingerprint density at radius 2 is 1.94 bits per heavy atom. The van der Waals surface area contributed by atoms with Crippen LogP contribution < -0.4 is 5.73 Å². The molecule has 1 heterocycles. The molecule has 0 saturated carbocycles. The fourth-order valence-corrected chi connectivity index (χ4v) is 1.44. The highest BCUT2D eigenvalue weighted by Crippen LogP contribution is 2.21. The topological polar surface area (TPSA) is 70.1 Å². The summed E-state index contributed by atoms with van der Waals surface area (Å²) in [6.07, 6.45) is 0. The molecule has 17 heavy (non-hydrogen) atoms. The number of esters is 1. The molecule has 2 N–H and O–H groups in total. The number of rotatable bonds is 2. The molecule has 0 spiro atoms. The molecule has 0 fully saturated rings. The normalized spacial score (nSPS) is 11.9. The van der Waals surface area contributed by atoms with E-state index in [0.717, 1.165) is 0 Å². The Labute approximate surface area is 102 Å². The van der Waals surface area contributed by atoms with Crippen molar-refractivity contribution in [2.24, 2.45) is 0 Å². The zero-order valence-electron chi connectivity index (χ0n) is 11.4. The minimum Gasteiger partial charge on any atom is -0.455 e. The molecular weight excluding hydrogens is 218 g/mol. The Hall–Kier alpha value is -1.52. The van der Waals surface area contributed by atoms with Crippen molar-refractivity contribution in [2.75, 3.05) is 5.73 Å². The summed E-state index contributed by atoms with van der Waals surface area (Å²) < 4.78 is 6.92. The van der Waals surface area contributed by atoms with Crippen LogP contribution in [-0.2, 0) is 4.74 Å². The Morgan fingerprint density at radius 3 is 2.29 bits per heavy atom. The first-order valence-electron chi connectivity index (χ1n) is 5.71. The second-order valence-corrected chi connectivity index (χ2v) is 5.40. The zero-order valence-corrected chi connectivity index (χ0v) is 11.4. The largest absolute Gasteiger partial charge is 0.455 e. The average molecular weight is 239 g/mol. The summed E-state index contributed by atoms with van der Waals surface area (Å²) in [4.78, 5) is 11.9. The molecule has 0 aliphatic carbocycles. The Morgan fingerprint density at radius 1 is 1.41 bits per heavy atom. The Balaban J connectivity index is 3.08. The van der Waals surface area contributed by atoms with Gasteiger partial charge in [-0.3, -0.25) is 0 Å². The molecule has 1 rings (SSSR count). The van der Waals surface area contributed by atoms with E-state index in [-0.39, 0.29) is 6.04 Å². The van der Waals surface area contributed by atoms with Crippen molar-refractivity contribution in [3.05, 3.63) is 11.3 Å². The van der Waals surface area contributed by atoms with Gasteiger partial charge in [0, 0.05) is 11.6 Å². The third-order valence-corrected chi connectivity index (χ3v) is 2.28. The number of nitrogens with two attached hydrogens (primary N) is 1. The minimum absolute atomic E-state index is 0.116. The van der Waals surface area contributed by atoms with Crippen LogP contribution in [0.5, 0.6) is 0 Å². The van der Waals surface area contributed by atoms with Gasteiger partial charge in [-0.15, -0.1) is 0 Å². The molecule has 0 saturated heterocycles. The lowest BCUT2D eigenvalue weighted by molar-refractivity contribution is 0.00611. The van der Waals surface area contributed by atoms with Crippen LogP contribution in [0.15, 0.2) is 0 Å². The maximum absolute atomic E-state index is 11.9. The van der Waals surface area contributed by atoms with Crippen LogP contribution in [-0.4, -0.2) is 21.4 Å². The molecule has 1 aromatic heterocycles. The Kier molecular flexibility index (Phi) is 3.50. The first kappa shape index (κ1) is 13.5. The van der Waals surface area contributed by atoms with Gasteiger partial charge >= 0.3 is 5.97 Å². The summed E-state index contributed by atoms with van der Waals surface area (Å²) in [6, 6.07) is 0.116. The highest BCUT2D eigenvalue weighted by atomic mass is 16.6. The van der Waals surface area contributed by atoms with Gasteiger partial charge in [0.25, 0.3) is 0 Å². The van der Waals surface area contributed by atoms with Gasteiger partial charge in [-0.25, -0.2) is 9.48 Å². The quantitative estimate of drug-likeness (QED) is 0.804. The summed E-state index contributed by atoms with van der Waals surface area (Å²) in [7, 11) is 0. The van der Waals surface area contributed by atoms with Gasteiger partial charge in [0.2, 0.25) is 0 Å². The van der Waals surface area contributed by atoms with Crippen LogP contribution in [0.1, 0.15) is 56.7 Å². The van der Waals surface area contributed by atoms with E-state index < -0.39 is 11.6 Å². The van der Waals surface area contributed by atoms with E-state index >= 15 is 0 Å². The third-order valence-electron chi connectivity index (χ3n) is 2.28. The van der Waals surface area contributed by atoms with Gasteiger partial charge in [-0.05, 0) is 41.5 Å². The average Bonchev–Trinajstić information content (AvgIpc) is 2.41. The maximum atomic E-state index is 11.9. The molecule has 0 aliphatic heterocycles. The van der Waals surface area contributed by atoms with Crippen molar-refractivity contribution in [1.82, 2.24) is 9.78 Å². The SMILES string of the molecule is Cc1c(C(=O)OC(C)(C)C)nn(C(C)C)c1N. The number of carbonyl (C=O) groups excluding carboxylic acids is 1. The molecule has 1 aromatic rings. The van der Waals surface area contributed by atoms with Gasteiger partial charge in [0.1, 0.15) is 11.4 Å². The number of anilines is 1. The second-order valence-electron chi connectivity index (χ2n) is 5.40. The second kappa shape index (κ2) is 4.39. The summed E-state index contributed by atoms with van der Waals surface area (Å²) >= 11 is 0. The molecule has 5 nitrogen and oxygen atoms in total. The van der Waals surface area contributed by atoms with Gasteiger partial charge in [-0.2, -0.15) is 5.10 Å². The predicted octanol–water partition coefficient (Wildman–Crippen LogP) is 2.31. The van der Waals surface area contributed by atoms with Crippen LogP contribution in [0, 0.1) is 6.92 Å². The van der Waals surface area contributed by atoms with E-state index in [9.17, 15) is 4.79 Å². The third kappa shape index (κ3) is 2.99. The zero-order chi connectivity index (χ0) is 13.4. The van der Waals surface area contributed by atoms with Crippen LogP contribution in [0.2, 0.25) is 0 Å². The highest BCUT2D eigenvalue weighted by Gasteiger charge is 2.24. The summed E-state index contributed by atoms with van der Waals surface area (Å²) in [6.45, 7) is 11.2. The van der Waals surface area contributed by atoms with Crippen LogP contribution >= 0.6 is 0 Å². The molecular formula is C12H21N3O2. The smallest absolute Gasteiger partial charge is 0.359 e. The monoisotopic (exact) mass is 239 g/mol. The van der Waals surface area contributed by atoms with Crippen LogP contribution in [0.3, 0.4) is 0 Å². The van der Waals surface area contributed by atoms with Gasteiger partial charge in [0.05, 0.1) is 0 Å². The first-order valence-corrected chi connectivity index (χ1v) is 5.71. The lowest BCUT2D eigenvalue weighted by Gasteiger charge is -2.18. The molecule has 5 heteroatoms. The molecule has 0 unspecified atom stereocenters. The number of ether oxygens (including phenoxy) is 1. The van der Waals surface area contributed by atoms with Gasteiger partial charge < -0.3 is 10.5 Å². The van der Waals surface area contributed by atoms with E-state index in [1.807, 2.05) is 34.6 Å². The van der Waals surface area contributed by atoms with Crippen molar-refractivity contribution in [3.63, 3.8) is 0 Å². The number of aromatic nitrogens is 2. The van der Waals surface area contributed by atoms with Crippen molar-refractivity contribution in [1.29, 1.82) is 0 Å². The Bertz CT molecular complexity index is 428. The van der Waals surface area contributed by atoms with E-state index in [1.165, 1.54) is 0 Å². The van der Waals surface area contributed by atoms with Gasteiger partial charge in [0.15, 0.2) is 5.69 Å². The number of carbonyl (C=O) groups is 1. The molecule has 0 bridgehead atoms. The number of hydrogen-bond acceptors (Lipinski definition) is 4. The fourth-order valence-electron chi connectivity index (χ4n) is 1.44. The lowest BCUT2D eigenvalue weighted by atomic mass is 10.2. The number of nitrogen functional groups attached to an aromatic ring is 1. The number of hydrogen-bond donors (Lipinski definition) is 1. The van der Waals surface area contributed by atoms with E-state index in [4.69, 9.17) is 10.5 Å². The summed E-state index contributed by atoms with van der Waals surface area (Å²) in [5.41, 5.74) is 6.34. The lowest BCUT2D eigenvalue weighted by Crippen LogP contribution is -2.24. The first-order chi connectivity index (χ1) is 7.63. The molecule has 0 aromatic carbocycles. The molecule has 0 amide bonds. The van der Waals surface area contributed by atoms with Gasteiger partial charge in [-0.1, -0.05) is 0 Å². The van der Waals surface area contributed by atoms with Crippen molar-refractivity contribution >= 4 is 11.8 Å². The van der Waals surface area contributed by atoms with E-state index in [0.29, 0.717) is 17.1 Å². The van der Waals surface area contributed by atoms with Crippen LogP contribution in [0.25, 0.3) is 0 Å².